The molecule has 21 heavy (non-hydrogen) atoms. The number of carboxylic acids is 1. The SMILES string of the molecule is O=C(O)/C=C/c1ccccc1N1CC=C(C(F)(F)F)CC1. The van der Waals surface area contributed by atoms with Crippen LogP contribution in [0.2, 0.25) is 0 Å². The van der Waals surface area contributed by atoms with E-state index in [-0.39, 0.29) is 19.5 Å². The average molecular weight is 297 g/mol. The van der Waals surface area contributed by atoms with Crippen LogP contribution in [-0.4, -0.2) is 30.3 Å². The summed E-state index contributed by atoms with van der Waals surface area (Å²) >= 11 is 0. The Balaban J connectivity index is 2.21. The quantitative estimate of drug-likeness (QED) is 0.686. The molecular weight excluding hydrogens is 283 g/mol. The lowest BCUT2D eigenvalue weighted by molar-refractivity contribution is -0.131. The Morgan fingerprint density at radius 1 is 1.29 bits per heavy atom. The molecule has 0 spiro atoms. The number of para-hydroxylation sites is 1. The summed E-state index contributed by atoms with van der Waals surface area (Å²) in [5, 5.41) is 8.67. The predicted octanol–water partition coefficient (Wildman–Crippen LogP) is 3.48. The minimum atomic E-state index is -4.27. The molecule has 2 rings (SSSR count). The lowest BCUT2D eigenvalue weighted by atomic mass is 10.1. The number of nitrogens with zero attached hydrogens (tertiary/aromatic N) is 1. The maximum atomic E-state index is 12.6. The average Bonchev–Trinajstić information content (AvgIpc) is 2.44. The highest BCUT2D eigenvalue weighted by molar-refractivity contribution is 5.87. The Hall–Kier alpha value is -2.24. The second-order valence-electron chi connectivity index (χ2n) is 4.65. The molecular formula is C15H14F3NO2. The van der Waals surface area contributed by atoms with E-state index in [4.69, 9.17) is 5.11 Å². The molecule has 1 aromatic rings. The fraction of sp³-hybridized carbons (Fsp3) is 0.267. The Morgan fingerprint density at radius 2 is 2.00 bits per heavy atom. The Bertz CT molecular complexity index is 591. The fourth-order valence-corrected chi connectivity index (χ4v) is 2.22. The number of benzene rings is 1. The molecule has 0 amide bonds. The largest absolute Gasteiger partial charge is 0.478 e. The molecule has 1 N–H and O–H groups in total. The van der Waals surface area contributed by atoms with Crippen molar-refractivity contribution < 1.29 is 23.1 Å². The van der Waals surface area contributed by atoms with Crippen LogP contribution in [0, 0.1) is 0 Å². The molecule has 0 saturated heterocycles. The van der Waals surface area contributed by atoms with Gasteiger partial charge in [-0.1, -0.05) is 24.3 Å². The van der Waals surface area contributed by atoms with Crippen molar-refractivity contribution in [3.63, 3.8) is 0 Å². The van der Waals surface area contributed by atoms with Crippen LogP contribution < -0.4 is 4.90 Å². The third-order valence-electron chi connectivity index (χ3n) is 3.26. The third-order valence-corrected chi connectivity index (χ3v) is 3.26. The van der Waals surface area contributed by atoms with Gasteiger partial charge in [0.25, 0.3) is 0 Å². The summed E-state index contributed by atoms with van der Waals surface area (Å²) in [7, 11) is 0. The standard InChI is InChI=1S/C15H14F3NO2/c16-15(17,18)12-7-9-19(10-8-12)13-4-2-1-3-11(13)5-6-14(20)21/h1-7H,8-10H2,(H,20,21)/b6-5+. The Kier molecular flexibility index (Phi) is 4.35. The van der Waals surface area contributed by atoms with Gasteiger partial charge in [0.05, 0.1) is 0 Å². The van der Waals surface area contributed by atoms with Gasteiger partial charge >= 0.3 is 12.1 Å². The molecule has 112 valence electrons. The van der Waals surface area contributed by atoms with Gasteiger partial charge in [0, 0.05) is 30.4 Å². The summed E-state index contributed by atoms with van der Waals surface area (Å²) in [6, 6.07) is 7.04. The smallest absolute Gasteiger partial charge is 0.412 e. The number of hydrogen-bond donors (Lipinski definition) is 1. The maximum Gasteiger partial charge on any atom is 0.412 e. The van der Waals surface area contributed by atoms with Gasteiger partial charge in [0.2, 0.25) is 0 Å². The van der Waals surface area contributed by atoms with Gasteiger partial charge in [0.1, 0.15) is 0 Å². The third kappa shape index (κ3) is 3.87. The van der Waals surface area contributed by atoms with Crippen molar-refractivity contribution in [2.45, 2.75) is 12.6 Å². The molecule has 0 saturated carbocycles. The molecule has 6 heteroatoms. The number of carbonyl (C=O) groups is 1. The molecule has 0 aromatic heterocycles. The molecule has 0 aliphatic carbocycles. The zero-order valence-electron chi connectivity index (χ0n) is 11.1. The number of hydrogen-bond acceptors (Lipinski definition) is 2. The highest BCUT2D eigenvalue weighted by Crippen LogP contribution is 2.32. The van der Waals surface area contributed by atoms with Crippen LogP contribution in [0.5, 0.6) is 0 Å². The van der Waals surface area contributed by atoms with Crippen molar-refractivity contribution in [2.75, 3.05) is 18.0 Å². The zero-order chi connectivity index (χ0) is 15.5. The minimum absolute atomic E-state index is 0.0690. The molecule has 0 atom stereocenters. The van der Waals surface area contributed by atoms with Gasteiger partial charge in [-0.05, 0) is 24.1 Å². The van der Waals surface area contributed by atoms with Gasteiger partial charge in [-0.25, -0.2) is 4.79 Å². The Morgan fingerprint density at radius 3 is 2.57 bits per heavy atom. The van der Waals surface area contributed by atoms with Crippen LogP contribution in [0.15, 0.2) is 42.0 Å². The van der Waals surface area contributed by atoms with Gasteiger partial charge < -0.3 is 10.0 Å². The number of anilines is 1. The maximum absolute atomic E-state index is 12.6. The van der Waals surface area contributed by atoms with E-state index in [2.05, 4.69) is 0 Å². The lowest BCUT2D eigenvalue weighted by Gasteiger charge is -2.30. The Labute approximate surface area is 120 Å². The summed E-state index contributed by atoms with van der Waals surface area (Å²) in [6.07, 6.45) is -0.698. The van der Waals surface area contributed by atoms with Crippen LogP contribution in [0.1, 0.15) is 12.0 Å². The minimum Gasteiger partial charge on any atom is -0.478 e. The number of rotatable bonds is 3. The van der Waals surface area contributed by atoms with Crippen molar-refractivity contribution >= 4 is 17.7 Å². The van der Waals surface area contributed by atoms with Crippen LogP contribution in [0.4, 0.5) is 18.9 Å². The first-order valence-corrected chi connectivity index (χ1v) is 6.39. The number of alkyl halides is 3. The second-order valence-corrected chi connectivity index (χ2v) is 4.65. The molecule has 0 fully saturated rings. The second kappa shape index (κ2) is 6.03. The van der Waals surface area contributed by atoms with E-state index in [0.717, 1.165) is 11.8 Å². The number of carboxylic acid groups (broad SMARTS) is 1. The van der Waals surface area contributed by atoms with E-state index in [1.807, 2.05) is 0 Å². The molecule has 1 heterocycles. The summed E-state index contributed by atoms with van der Waals surface area (Å²) in [4.78, 5) is 12.4. The first-order valence-electron chi connectivity index (χ1n) is 6.39. The number of aliphatic carboxylic acids is 1. The van der Waals surface area contributed by atoms with Crippen molar-refractivity contribution in [3.05, 3.63) is 47.6 Å². The van der Waals surface area contributed by atoms with Gasteiger partial charge in [0.15, 0.2) is 0 Å². The summed E-state index contributed by atoms with van der Waals surface area (Å²) in [5.41, 5.74) is 0.897. The fourth-order valence-electron chi connectivity index (χ4n) is 2.22. The zero-order valence-corrected chi connectivity index (χ0v) is 11.1. The van der Waals surface area contributed by atoms with Gasteiger partial charge in [-0.2, -0.15) is 13.2 Å². The molecule has 3 nitrogen and oxygen atoms in total. The van der Waals surface area contributed by atoms with E-state index < -0.39 is 17.7 Å². The first kappa shape index (κ1) is 15.2. The lowest BCUT2D eigenvalue weighted by Crippen LogP contribution is -2.32. The first-order chi connectivity index (χ1) is 9.88. The molecule has 1 aliphatic heterocycles. The predicted molar refractivity (Wildman–Crippen MR) is 74.1 cm³/mol. The van der Waals surface area contributed by atoms with E-state index in [1.54, 1.807) is 29.2 Å². The van der Waals surface area contributed by atoms with E-state index in [9.17, 15) is 18.0 Å². The van der Waals surface area contributed by atoms with Gasteiger partial charge in [-0.15, -0.1) is 0 Å². The number of halogens is 3. The van der Waals surface area contributed by atoms with Crippen molar-refractivity contribution in [3.8, 4) is 0 Å². The molecule has 1 aliphatic rings. The normalized spacial score (nSPS) is 16.1. The van der Waals surface area contributed by atoms with Crippen LogP contribution in [0.25, 0.3) is 6.08 Å². The molecule has 0 radical (unpaired) electrons. The molecule has 0 bridgehead atoms. The van der Waals surface area contributed by atoms with Crippen LogP contribution in [-0.2, 0) is 4.79 Å². The van der Waals surface area contributed by atoms with Gasteiger partial charge in [-0.3, -0.25) is 0 Å². The van der Waals surface area contributed by atoms with E-state index in [1.165, 1.54) is 12.2 Å². The molecule has 1 aromatic carbocycles. The summed E-state index contributed by atoms with van der Waals surface area (Å²) < 4.78 is 37.8. The highest BCUT2D eigenvalue weighted by atomic mass is 19.4. The van der Waals surface area contributed by atoms with Crippen molar-refractivity contribution in [1.82, 2.24) is 0 Å². The molecule has 0 unspecified atom stereocenters. The monoisotopic (exact) mass is 297 g/mol. The summed E-state index contributed by atoms with van der Waals surface area (Å²) in [5.74, 6) is -1.07. The van der Waals surface area contributed by atoms with Crippen LogP contribution >= 0.6 is 0 Å². The van der Waals surface area contributed by atoms with E-state index >= 15 is 0 Å². The van der Waals surface area contributed by atoms with Crippen molar-refractivity contribution in [1.29, 1.82) is 0 Å². The van der Waals surface area contributed by atoms with Crippen molar-refractivity contribution in [2.24, 2.45) is 0 Å². The van der Waals surface area contributed by atoms with Crippen LogP contribution in [0.3, 0.4) is 0 Å². The van der Waals surface area contributed by atoms with E-state index in [0.29, 0.717) is 5.56 Å². The topological polar surface area (TPSA) is 40.5 Å². The highest BCUT2D eigenvalue weighted by Gasteiger charge is 2.34. The summed E-state index contributed by atoms with van der Waals surface area (Å²) in [6.45, 7) is 0.413.